The van der Waals surface area contributed by atoms with Gasteiger partial charge in [-0.3, -0.25) is 0 Å². The third kappa shape index (κ3) is 2.86. The fraction of sp³-hybridized carbons (Fsp3) is 0.562. The van der Waals surface area contributed by atoms with Crippen molar-refractivity contribution in [2.75, 3.05) is 19.6 Å². The molecule has 1 aliphatic heterocycles. The van der Waals surface area contributed by atoms with E-state index in [0.29, 0.717) is 5.92 Å². The Morgan fingerprint density at radius 1 is 1.35 bits per heavy atom. The zero-order valence-electron chi connectivity index (χ0n) is 12.3. The Bertz CT molecular complexity index is 577. The van der Waals surface area contributed by atoms with Crippen molar-refractivity contribution in [1.29, 1.82) is 0 Å². The van der Waals surface area contributed by atoms with Crippen LogP contribution in [0, 0.1) is 0 Å². The van der Waals surface area contributed by atoms with Crippen LogP contribution in [-0.2, 0) is 0 Å². The van der Waals surface area contributed by atoms with E-state index < -0.39 is 5.60 Å². The molecular formula is C16H23N3O. The van der Waals surface area contributed by atoms with Crippen LogP contribution in [0.1, 0.15) is 38.2 Å². The molecule has 4 heteroatoms. The van der Waals surface area contributed by atoms with Gasteiger partial charge in [-0.1, -0.05) is 0 Å². The number of hydrogen-bond donors (Lipinski definition) is 2. The molecule has 20 heavy (non-hydrogen) atoms. The third-order valence-corrected chi connectivity index (χ3v) is 4.13. The van der Waals surface area contributed by atoms with Crippen molar-refractivity contribution in [2.45, 2.75) is 38.2 Å². The summed E-state index contributed by atoms with van der Waals surface area (Å²) in [6.07, 6.45) is 6.17. The number of aromatic amines is 1. The van der Waals surface area contributed by atoms with Crippen molar-refractivity contribution >= 4 is 11.0 Å². The lowest BCUT2D eigenvalue weighted by molar-refractivity contribution is 0.0282. The van der Waals surface area contributed by atoms with Crippen LogP contribution in [0.5, 0.6) is 0 Å². The minimum Gasteiger partial charge on any atom is -0.389 e. The molecule has 2 aromatic heterocycles. The number of aromatic nitrogens is 2. The maximum Gasteiger partial charge on any atom is 0.137 e. The predicted octanol–water partition coefficient (Wildman–Crippen LogP) is 2.51. The molecule has 0 atom stereocenters. The van der Waals surface area contributed by atoms with Crippen molar-refractivity contribution < 1.29 is 5.11 Å². The van der Waals surface area contributed by atoms with Gasteiger partial charge in [-0.25, -0.2) is 4.98 Å². The lowest BCUT2D eigenvalue weighted by Gasteiger charge is -2.35. The number of pyridine rings is 1. The Morgan fingerprint density at radius 2 is 2.10 bits per heavy atom. The van der Waals surface area contributed by atoms with Gasteiger partial charge in [-0.15, -0.1) is 0 Å². The maximum absolute atomic E-state index is 9.91. The number of likely N-dealkylation sites (tertiary alicyclic amines) is 1. The average Bonchev–Trinajstić information content (AvgIpc) is 2.86. The monoisotopic (exact) mass is 273 g/mol. The second kappa shape index (κ2) is 5.19. The standard InChI is InChI=1S/C16H23N3O/c1-16(2,20)11-19-9-5-12(6-10-19)13-3-7-17-15-14(13)4-8-18-15/h3-4,7-8,12,20H,5-6,9-11H2,1-2H3,(H,17,18). The third-order valence-electron chi connectivity index (χ3n) is 4.13. The van der Waals surface area contributed by atoms with Crippen LogP contribution in [0.15, 0.2) is 24.5 Å². The first kappa shape index (κ1) is 13.6. The number of piperidine rings is 1. The SMILES string of the molecule is CC(C)(O)CN1CCC(c2ccnc3[nH]ccc23)CC1. The Morgan fingerprint density at radius 3 is 2.80 bits per heavy atom. The van der Waals surface area contributed by atoms with E-state index in [1.54, 1.807) is 0 Å². The predicted molar refractivity (Wildman–Crippen MR) is 80.8 cm³/mol. The largest absolute Gasteiger partial charge is 0.389 e. The first-order valence-electron chi connectivity index (χ1n) is 7.40. The van der Waals surface area contributed by atoms with Gasteiger partial charge >= 0.3 is 0 Å². The van der Waals surface area contributed by atoms with Gasteiger partial charge in [-0.2, -0.15) is 0 Å². The zero-order valence-corrected chi connectivity index (χ0v) is 12.3. The molecule has 1 aliphatic rings. The van der Waals surface area contributed by atoms with Crippen LogP contribution in [0.3, 0.4) is 0 Å². The van der Waals surface area contributed by atoms with Gasteiger partial charge in [0.25, 0.3) is 0 Å². The van der Waals surface area contributed by atoms with Gasteiger partial charge in [0.15, 0.2) is 0 Å². The van der Waals surface area contributed by atoms with E-state index in [1.807, 2.05) is 26.2 Å². The number of nitrogens with one attached hydrogen (secondary N) is 1. The second-order valence-electron chi connectivity index (χ2n) is 6.50. The van der Waals surface area contributed by atoms with Crippen LogP contribution in [0.25, 0.3) is 11.0 Å². The Balaban J connectivity index is 1.71. The molecule has 2 aromatic rings. The number of fused-ring (bicyclic) bond motifs is 1. The summed E-state index contributed by atoms with van der Waals surface area (Å²) in [4.78, 5) is 9.91. The first-order valence-corrected chi connectivity index (χ1v) is 7.40. The summed E-state index contributed by atoms with van der Waals surface area (Å²) in [7, 11) is 0. The van der Waals surface area contributed by atoms with E-state index in [1.165, 1.54) is 10.9 Å². The average molecular weight is 273 g/mol. The lowest BCUT2D eigenvalue weighted by atomic mass is 9.88. The molecule has 1 fully saturated rings. The highest BCUT2D eigenvalue weighted by Gasteiger charge is 2.25. The van der Waals surface area contributed by atoms with E-state index in [-0.39, 0.29) is 0 Å². The number of β-amino-alcohol motifs (C(OH)–C–C–N with tert-alkyl or cyclic N) is 1. The van der Waals surface area contributed by atoms with Crippen LogP contribution in [-0.4, -0.2) is 45.2 Å². The number of nitrogens with zero attached hydrogens (tertiary/aromatic N) is 2. The van der Waals surface area contributed by atoms with Crippen molar-refractivity contribution in [3.05, 3.63) is 30.1 Å². The molecule has 0 unspecified atom stereocenters. The fourth-order valence-corrected chi connectivity index (χ4v) is 3.29. The highest BCUT2D eigenvalue weighted by Crippen LogP contribution is 2.32. The molecule has 0 amide bonds. The summed E-state index contributed by atoms with van der Waals surface area (Å²) >= 11 is 0. The van der Waals surface area contributed by atoms with E-state index in [4.69, 9.17) is 0 Å². The smallest absolute Gasteiger partial charge is 0.137 e. The summed E-state index contributed by atoms with van der Waals surface area (Å²) in [5.74, 6) is 0.606. The molecular weight excluding hydrogens is 250 g/mol. The highest BCUT2D eigenvalue weighted by molar-refractivity contribution is 5.79. The van der Waals surface area contributed by atoms with Crippen molar-refractivity contribution in [3.8, 4) is 0 Å². The Hall–Kier alpha value is -1.39. The van der Waals surface area contributed by atoms with Gasteiger partial charge < -0.3 is 15.0 Å². The molecule has 3 heterocycles. The molecule has 0 aromatic carbocycles. The van der Waals surface area contributed by atoms with Crippen LogP contribution in [0.4, 0.5) is 0 Å². The first-order chi connectivity index (χ1) is 9.53. The van der Waals surface area contributed by atoms with E-state index in [0.717, 1.165) is 38.1 Å². The molecule has 0 aliphatic carbocycles. The quantitative estimate of drug-likeness (QED) is 0.903. The fourth-order valence-electron chi connectivity index (χ4n) is 3.29. The number of H-pyrrole nitrogens is 1. The Kier molecular flexibility index (Phi) is 3.52. The topological polar surface area (TPSA) is 52.1 Å². The number of rotatable bonds is 3. The number of aliphatic hydroxyl groups is 1. The molecule has 0 spiro atoms. The van der Waals surface area contributed by atoms with Gasteiger partial charge in [0.1, 0.15) is 5.65 Å². The summed E-state index contributed by atoms with van der Waals surface area (Å²) in [5, 5.41) is 11.2. The van der Waals surface area contributed by atoms with Crippen LogP contribution < -0.4 is 0 Å². The van der Waals surface area contributed by atoms with Gasteiger partial charge in [-0.05, 0) is 63.4 Å². The van der Waals surface area contributed by atoms with Crippen molar-refractivity contribution in [3.63, 3.8) is 0 Å². The minimum atomic E-state index is -0.600. The van der Waals surface area contributed by atoms with Gasteiger partial charge in [0.2, 0.25) is 0 Å². The van der Waals surface area contributed by atoms with E-state index in [9.17, 15) is 5.11 Å². The van der Waals surface area contributed by atoms with Crippen LogP contribution >= 0.6 is 0 Å². The summed E-state index contributed by atoms with van der Waals surface area (Å²) in [6.45, 7) is 6.64. The molecule has 3 rings (SSSR count). The maximum atomic E-state index is 9.91. The van der Waals surface area contributed by atoms with Crippen LogP contribution in [0.2, 0.25) is 0 Å². The second-order valence-corrected chi connectivity index (χ2v) is 6.50. The summed E-state index contributed by atoms with van der Waals surface area (Å²) < 4.78 is 0. The zero-order chi connectivity index (χ0) is 14.2. The van der Waals surface area contributed by atoms with Crippen molar-refractivity contribution in [1.82, 2.24) is 14.9 Å². The number of hydrogen-bond acceptors (Lipinski definition) is 3. The van der Waals surface area contributed by atoms with Crippen molar-refractivity contribution in [2.24, 2.45) is 0 Å². The summed E-state index contributed by atoms with van der Waals surface area (Å²) in [5.41, 5.74) is 1.80. The molecule has 108 valence electrons. The molecule has 0 saturated carbocycles. The highest BCUT2D eigenvalue weighted by atomic mass is 16.3. The molecule has 1 saturated heterocycles. The lowest BCUT2D eigenvalue weighted by Crippen LogP contribution is -2.42. The van der Waals surface area contributed by atoms with E-state index in [2.05, 4.69) is 27.0 Å². The van der Waals surface area contributed by atoms with Gasteiger partial charge in [0, 0.05) is 24.3 Å². The molecule has 2 N–H and O–H groups in total. The molecule has 0 radical (unpaired) electrons. The molecule has 0 bridgehead atoms. The molecule has 4 nitrogen and oxygen atoms in total. The van der Waals surface area contributed by atoms with E-state index >= 15 is 0 Å². The Labute approximate surface area is 119 Å². The normalized spacial score (nSPS) is 18.8. The van der Waals surface area contributed by atoms with Gasteiger partial charge in [0.05, 0.1) is 5.60 Å². The minimum absolute atomic E-state index is 0.600. The summed E-state index contributed by atoms with van der Waals surface area (Å²) in [6, 6.07) is 4.29.